The fourth-order valence-electron chi connectivity index (χ4n) is 2.84. The molecule has 1 aliphatic rings. The molecule has 3 rings (SSSR count). The van der Waals surface area contributed by atoms with Crippen molar-refractivity contribution < 1.29 is 13.8 Å². The standard InChI is InChI=1S/C17H23N3O3/c1-10(2)12-8-15(22-18-12)14-6-5-7-20(14)17(21)16-9-13(11(3)4)19-23-16/h8-11,14H,5-7H2,1-4H3/t14-/m1/s1. The number of nitrogens with zero attached hydrogens (tertiary/aromatic N) is 3. The van der Waals surface area contributed by atoms with Gasteiger partial charge in [-0.1, -0.05) is 38.0 Å². The molecule has 6 heteroatoms. The summed E-state index contributed by atoms with van der Waals surface area (Å²) in [7, 11) is 0. The SMILES string of the molecule is CC(C)c1cc(C(=O)N2CCC[C@@H]2c2cc(C(C)C)no2)on1. The van der Waals surface area contributed by atoms with Crippen LogP contribution in [0.25, 0.3) is 0 Å². The summed E-state index contributed by atoms with van der Waals surface area (Å²) in [5, 5.41) is 8.08. The Morgan fingerprint density at radius 1 is 1.13 bits per heavy atom. The van der Waals surface area contributed by atoms with Crippen LogP contribution in [0.15, 0.2) is 21.2 Å². The van der Waals surface area contributed by atoms with Gasteiger partial charge in [-0.25, -0.2) is 0 Å². The van der Waals surface area contributed by atoms with Crippen molar-refractivity contribution in [3.8, 4) is 0 Å². The quantitative estimate of drug-likeness (QED) is 0.855. The number of aromatic nitrogens is 2. The number of hydrogen-bond donors (Lipinski definition) is 0. The third kappa shape index (κ3) is 3.02. The molecule has 0 radical (unpaired) electrons. The van der Waals surface area contributed by atoms with Gasteiger partial charge >= 0.3 is 0 Å². The van der Waals surface area contributed by atoms with Gasteiger partial charge in [0.2, 0.25) is 5.76 Å². The van der Waals surface area contributed by atoms with Gasteiger partial charge in [0.15, 0.2) is 5.76 Å². The lowest BCUT2D eigenvalue weighted by atomic mass is 10.1. The summed E-state index contributed by atoms with van der Waals surface area (Å²) in [4.78, 5) is 14.5. The van der Waals surface area contributed by atoms with Crippen LogP contribution in [-0.4, -0.2) is 27.7 Å². The fraction of sp³-hybridized carbons (Fsp3) is 0.588. The van der Waals surface area contributed by atoms with Crippen molar-refractivity contribution in [3.63, 3.8) is 0 Å². The second-order valence-electron chi connectivity index (χ2n) is 6.74. The van der Waals surface area contributed by atoms with E-state index in [2.05, 4.69) is 24.2 Å². The minimum absolute atomic E-state index is 0.0740. The summed E-state index contributed by atoms with van der Waals surface area (Å²) in [6, 6.07) is 3.62. The normalized spacial score (nSPS) is 18.3. The first-order valence-corrected chi connectivity index (χ1v) is 8.21. The highest BCUT2D eigenvalue weighted by molar-refractivity contribution is 5.92. The average molecular weight is 317 g/mol. The van der Waals surface area contributed by atoms with Gasteiger partial charge in [0, 0.05) is 18.7 Å². The van der Waals surface area contributed by atoms with Crippen molar-refractivity contribution in [1.82, 2.24) is 15.2 Å². The van der Waals surface area contributed by atoms with Crippen LogP contribution in [0.4, 0.5) is 0 Å². The fourth-order valence-corrected chi connectivity index (χ4v) is 2.84. The predicted molar refractivity (Wildman–Crippen MR) is 84.2 cm³/mol. The molecule has 124 valence electrons. The van der Waals surface area contributed by atoms with Crippen LogP contribution in [0, 0.1) is 0 Å². The molecule has 0 aliphatic carbocycles. The Morgan fingerprint density at radius 2 is 1.78 bits per heavy atom. The van der Waals surface area contributed by atoms with Crippen molar-refractivity contribution in [1.29, 1.82) is 0 Å². The zero-order valence-electron chi connectivity index (χ0n) is 14.1. The molecule has 0 aromatic carbocycles. The van der Waals surface area contributed by atoms with Crippen molar-refractivity contribution in [2.45, 2.75) is 58.4 Å². The Labute approximate surface area is 135 Å². The first-order chi connectivity index (χ1) is 11.0. The van der Waals surface area contributed by atoms with Crippen molar-refractivity contribution in [2.24, 2.45) is 0 Å². The molecule has 0 unspecified atom stereocenters. The van der Waals surface area contributed by atoms with Gasteiger partial charge < -0.3 is 13.9 Å². The molecule has 0 N–H and O–H groups in total. The molecule has 1 amide bonds. The van der Waals surface area contributed by atoms with Gasteiger partial charge in [-0.3, -0.25) is 4.79 Å². The largest absolute Gasteiger partial charge is 0.359 e. The smallest absolute Gasteiger partial charge is 0.293 e. The topological polar surface area (TPSA) is 72.4 Å². The van der Waals surface area contributed by atoms with Gasteiger partial charge in [0.25, 0.3) is 5.91 Å². The lowest BCUT2D eigenvalue weighted by molar-refractivity contribution is 0.0672. The number of amides is 1. The molecule has 0 bridgehead atoms. The Bertz CT molecular complexity index is 687. The van der Waals surface area contributed by atoms with E-state index in [0.29, 0.717) is 18.2 Å². The van der Waals surface area contributed by atoms with Gasteiger partial charge in [0.05, 0.1) is 17.4 Å². The molecule has 1 atom stereocenters. The minimum atomic E-state index is -0.130. The molecule has 1 fully saturated rings. The highest BCUT2D eigenvalue weighted by Gasteiger charge is 2.35. The first-order valence-electron chi connectivity index (χ1n) is 8.21. The van der Waals surface area contributed by atoms with Crippen molar-refractivity contribution >= 4 is 5.91 Å². The van der Waals surface area contributed by atoms with Crippen LogP contribution in [0.1, 0.15) is 86.1 Å². The second kappa shape index (κ2) is 6.18. The van der Waals surface area contributed by atoms with E-state index in [0.717, 1.165) is 30.0 Å². The van der Waals surface area contributed by atoms with Gasteiger partial charge in [-0.05, 0) is 24.7 Å². The number of carbonyl (C=O) groups excluding carboxylic acids is 1. The van der Waals surface area contributed by atoms with Gasteiger partial charge in [-0.15, -0.1) is 0 Å². The number of carbonyl (C=O) groups is 1. The number of rotatable bonds is 4. The first kappa shape index (κ1) is 15.8. The molecule has 6 nitrogen and oxygen atoms in total. The van der Waals surface area contributed by atoms with E-state index in [1.165, 1.54) is 0 Å². The summed E-state index contributed by atoms with van der Waals surface area (Å²) < 4.78 is 10.7. The molecular formula is C17H23N3O3. The summed E-state index contributed by atoms with van der Waals surface area (Å²) in [6.07, 6.45) is 1.82. The minimum Gasteiger partial charge on any atom is -0.359 e. The predicted octanol–water partition coefficient (Wildman–Crippen LogP) is 3.89. The highest BCUT2D eigenvalue weighted by atomic mass is 16.5. The van der Waals surface area contributed by atoms with Crippen molar-refractivity contribution in [2.75, 3.05) is 6.54 Å². The molecule has 23 heavy (non-hydrogen) atoms. The van der Waals surface area contributed by atoms with Crippen LogP contribution in [0.3, 0.4) is 0 Å². The molecule has 3 heterocycles. The Hall–Kier alpha value is -2.11. The monoisotopic (exact) mass is 317 g/mol. The molecule has 1 aliphatic heterocycles. The molecule has 1 saturated heterocycles. The van der Waals surface area contributed by atoms with Crippen molar-refractivity contribution in [3.05, 3.63) is 35.0 Å². The average Bonchev–Trinajstić information content (AvgIpc) is 3.24. The van der Waals surface area contributed by atoms with Gasteiger partial charge in [0.1, 0.15) is 0 Å². The van der Waals surface area contributed by atoms with E-state index < -0.39 is 0 Å². The van der Waals surface area contributed by atoms with Crippen LogP contribution < -0.4 is 0 Å². The van der Waals surface area contributed by atoms with Crippen LogP contribution >= 0.6 is 0 Å². The number of likely N-dealkylation sites (tertiary alicyclic amines) is 1. The maximum absolute atomic E-state index is 12.7. The van der Waals surface area contributed by atoms with Gasteiger partial charge in [-0.2, -0.15) is 0 Å². The zero-order chi connectivity index (χ0) is 16.6. The lowest BCUT2D eigenvalue weighted by Gasteiger charge is -2.21. The Kier molecular flexibility index (Phi) is 4.24. The third-order valence-electron chi connectivity index (χ3n) is 4.31. The maximum atomic E-state index is 12.7. The summed E-state index contributed by atoms with van der Waals surface area (Å²) in [5.74, 6) is 1.46. The Balaban J connectivity index is 1.81. The summed E-state index contributed by atoms with van der Waals surface area (Å²) in [5.41, 5.74) is 1.71. The Morgan fingerprint density at radius 3 is 2.39 bits per heavy atom. The number of hydrogen-bond acceptors (Lipinski definition) is 5. The zero-order valence-corrected chi connectivity index (χ0v) is 14.1. The lowest BCUT2D eigenvalue weighted by Crippen LogP contribution is -2.30. The van der Waals surface area contributed by atoms with E-state index in [4.69, 9.17) is 9.05 Å². The van der Waals surface area contributed by atoms with E-state index in [9.17, 15) is 4.79 Å². The van der Waals surface area contributed by atoms with E-state index in [-0.39, 0.29) is 17.9 Å². The van der Waals surface area contributed by atoms with E-state index in [1.807, 2.05) is 19.9 Å². The third-order valence-corrected chi connectivity index (χ3v) is 4.31. The second-order valence-corrected chi connectivity index (χ2v) is 6.74. The molecule has 2 aromatic heterocycles. The van der Waals surface area contributed by atoms with E-state index in [1.54, 1.807) is 11.0 Å². The summed E-state index contributed by atoms with van der Waals surface area (Å²) in [6.45, 7) is 8.88. The van der Waals surface area contributed by atoms with E-state index >= 15 is 0 Å². The highest BCUT2D eigenvalue weighted by Crippen LogP contribution is 2.34. The maximum Gasteiger partial charge on any atom is 0.293 e. The van der Waals surface area contributed by atoms with Crippen LogP contribution in [0.5, 0.6) is 0 Å². The molecular weight excluding hydrogens is 294 g/mol. The van der Waals surface area contributed by atoms with Crippen LogP contribution in [0.2, 0.25) is 0 Å². The summed E-state index contributed by atoms with van der Waals surface area (Å²) >= 11 is 0. The molecule has 0 saturated carbocycles. The molecule has 0 spiro atoms. The van der Waals surface area contributed by atoms with Crippen LogP contribution in [-0.2, 0) is 0 Å². The molecule has 2 aromatic rings.